The SMILES string of the molecule is [Ir+3].[Ir+3].[c-]1ccccc1-c1ccc(CCCCCCc2ccnc(-c3[c-]cc(CCCCCCc4c[c-]c(-c5cc6ccccc6cn5)cc4)cc3)c2)cn1.[c-]1ccccc1-c1ccc(CCCCCCc2ccnc(-c3[c-]cc(CCCCCCc4c[c-]c(-c5nccc6ccccc56)cc4)cc3)c2)cn1. The van der Waals surface area contributed by atoms with Gasteiger partial charge in [0, 0.05) is 37.2 Å². The molecule has 0 aliphatic heterocycles. The van der Waals surface area contributed by atoms with Crippen molar-refractivity contribution in [3.05, 3.63) is 349 Å². The summed E-state index contributed by atoms with van der Waals surface area (Å²) in [4.78, 5) is 27.9. The fourth-order valence-electron chi connectivity index (χ4n) is 13.8. The molecule has 14 rings (SSSR count). The summed E-state index contributed by atoms with van der Waals surface area (Å²) >= 11 is 0. The van der Waals surface area contributed by atoms with Crippen LogP contribution in [0.5, 0.6) is 0 Å². The van der Waals surface area contributed by atoms with Gasteiger partial charge in [0.25, 0.3) is 0 Å². The Morgan fingerprint density at radius 1 is 0.217 bits per heavy atom. The number of fused-ring (bicyclic) bond motifs is 2. The van der Waals surface area contributed by atoms with E-state index < -0.39 is 0 Å². The number of unbranched alkanes of at least 4 members (excludes halogenated alkanes) is 12. The maximum absolute atomic E-state index is 4.66. The van der Waals surface area contributed by atoms with E-state index in [0.29, 0.717) is 0 Å². The first-order chi connectivity index (χ1) is 51.5. The summed E-state index contributed by atoms with van der Waals surface area (Å²) in [7, 11) is 0. The van der Waals surface area contributed by atoms with Crippen LogP contribution in [0.3, 0.4) is 0 Å². The summed E-state index contributed by atoms with van der Waals surface area (Å²) in [6, 6.07) is 101. The Hall–Kier alpha value is -9.52. The molecule has 0 bridgehead atoms. The number of hydrogen-bond donors (Lipinski definition) is 0. The molecule has 532 valence electrons. The van der Waals surface area contributed by atoms with E-state index in [1.807, 2.05) is 73.6 Å². The van der Waals surface area contributed by atoms with Crippen molar-refractivity contribution in [3.8, 4) is 67.5 Å². The van der Waals surface area contributed by atoms with Crippen LogP contribution < -0.4 is 0 Å². The van der Waals surface area contributed by atoms with Crippen molar-refractivity contribution in [3.63, 3.8) is 0 Å². The number of hydrogen-bond acceptors (Lipinski definition) is 6. The van der Waals surface area contributed by atoms with E-state index in [2.05, 4.69) is 260 Å². The van der Waals surface area contributed by atoms with Gasteiger partial charge in [0.1, 0.15) is 0 Å². The van der Waals surface area contributed by atoms with Crippen LogP contribution in [0.25, 0.3) is 89.1 Å². The van der Waals surface area contributed by atoms with Crippen LogP contribution in [0.4, 0.5) is 0 Å². The van der Waals surface area contributed by atoms with Crippen molar-refractivity contribution in [2.45, 2.75) is 154 Å². The van der Waals surface area contributed by atoms with Gasteiger partial charge in [-0.2, -0.15) is 0 Å². The molecule has 0 aliphatic carbocycles. The van der Waals surface area contributed by atoms with Crippen LogP contribution >= 0.6 is 0 Å². The number of pyridine rings is 6. The number of aromatic nitrogens is 6. The molecule has 8 aromatic carbocycles. The summed E-state index contributed by atoms with van der Waals surface area (Å²) in [5, 5.41) is 4.77. The molecule has 6 heterocycles. The summed E-state index contributed by atoms with van der Waals surface area (Å²) < 4.78 is 0. The van der Waals surface area contributed by atoms with E-state index in [0.717, 1.165) is 119 Å². The van der Waals surface area contributed by atoms with Crippen LogP contribution in [0.2, 0.25) is 0 Å². The Morgan fingerprint density at radius 3 is 0.972 bits per heavy atom. The molecule has 8 heteroatoms. The molecule has 0 unspecified atom stereocenters. The van der Waals surface area contributed by atoms with Crippen molar-refractivity contribution in [1.29, 1.82) is 0 Å². The number of rotatable bonds is 34. The quantitative estimate of drug-likeness (QED) is 0.0295. The second kappa shape index (κ2) is 42.0. The summed E-state index contributed by atoms with van der Waals surface area (Å²) in [6.07, 6.45) is 40.0. The predicted molar refractivity (Wildman–Crippen MR) is 430 cm³/mol. The first kappa shape index (κ1) is 77.6. The topological polar surface area (TPSA) is 77.3 Å². The molecule has 6 nitrogen and oxygen atoms in total. The Labute approximate surface area is 656 Å². The van der Waals surface area contributed by atoms with Crippen LogP contribution in [0.15, 0.2) is 268 Å². The third-order valence-electron chi connectivity index (χ3n) is 19.9. The van der Waals surface area contributed by atoms with Gasteiger partial charge in [0.2, 0.25) is 0 Å². The maximum Gasteiger partial charge on any atom is 3.00 e. The van der Waals surface area contributed by atoms with E-state index in [4.69, 9.17) is 0 Å². The third-order valence-corrected chi connectivity index (χ3v) is 19.9. The Morgan fingerprint density at radius 2 is 0.566 bits per heavy atom. The molecule has 0 saturated heterocycles. The molecule has 0 fully saturated rings. The second-order valence-electron chi connectivity index (χ2n) is 27.7. The van der Waals surface area contributed by atoms with Crippen molar-refractivity contribution in [1.82, 2.24) is 29.9 Å². The zero-order chi connectivity index (χ0) is 70.4. The Kier molecular flexibility index (Phi) is 30.7. The van der Waals surface area contributed by atoms with Gasteiger partial charge in [-0.1, -0.05) is 205 Å². The Bertz CT molecular complexity index is 4870. The second-order valence-corrected chi connectivity index (χ2v) is 27.7. The minimum atomic E-state index is 0. The van der Waals surface area contributed by atoms with Crippen molar-refractivity contribution in [2.24, 2.45) is 0 Å². The average Bonchev–Trinajstić information content (AvgIpc) is 0.809. The Balaban J connectivity index is 0.000000208. The van der Waals surface area contributed by atoms with Crippen molar-refractivity contribution >= 4 is 21.5 Å². The van der Waals surface area contributed by atoms with Crippen molar-refractivity contribution < 1.29 is 40.2 Å². The van der Waals surface area contributed by atoms with E-state index in [-0.39, 0.29) is 40.2 Å². The molecule has 0 amide bonds. The zero-order valence-corrected chi connectivity index (χ0v) is 65.5. The number of nitrogens with zero attached hydrogens (tertiary/aromatic N) is 6. The third kappa shape index (κ3) is 23.5. The molecular formula is C98H92Ir2N6. The molecule has 106 heavy (non-hydrogen) atoms. The fourth-order valence-corrected chi connectivity index (χ4v) is 13.8. The van der Waals surface area contributed by atoms with Crippen molar-refractivity contribution in [2.75, 3.05) is 0 Å². The molecular weight excluding hydrogens is 1650 g/mol. The van der Waals surface area contributed by atoms with Gasteiger partial charge in [-0.15, -0.1) is 213 Å². The van der Waals surface area contributed by atoms with Crippen LogP contribution in [0, 0.1) is 36.4 Å². The van der Waals surface area contributed by atoms with E-state index in [1.54, 1.807) is 0 Å². The fraction of sp³-hybridized carbons (Fsp3) is 0.245. The van der Waals surface area contributed by atoms with Crippen LogP contribution in [0.1, 0.15) is 147 Å². The smallest absolute Gasteiger partial charge is 0.305 e. The van der Waals surface area contributed by atoms with E-state index >= 15 is 0 Å². The zero-order valence-electron chi connectivity index (χ0n) is 60.7. The van der Waals surface area contributed by atoms with Gasteiger partial charge in [0.15, 0.2) is 0 Å². The van der Waals surface area contributed by atoms with Gasteiger partial charge in [-0.25, -0.2) is 0 Å². The van der Waals surface area contributed by atoms with Gasteiger partial charge >= 0.3 is 40.2 Å². The molecule has 6 aromatic heterocycles. The molecule has 0 aliphatic rings. The molecule has 0 atom stereocenters. The molecule has 0 radical (unpaired) electrons. The largest absolute Gasteiger partial charge is 3.00 e. The minimum absolute atomic E-state index is 0. The standard InChI is InChI=1S/2C49H46N3.2Ir/c1(2-7-15-39-24-29-45(30-25-39)49-46-21-13-12-18-42(46)33-35-51-49)6-14-38-22-27-44(28-23-38)48-36-40(32-34-50-48)16-8-3-4-9-17-41-26-31-47(52-37-41)43-19-10-5-11-20-43;1(2-7-15-39-24-29-44(30-25-39)49-35-45-20-12-13-21-46(45)37-52-49)6-14-38-22-27-43(28-23-38)48-34-40(32-33-50-48)16-8-3-4-9-17-41-26-31-47(51-36-41)42-18-10-5-11-19-42;;/h5,10-13,18-19,21-27,29,31-37H,1-4,6-9,14-17H2;5,10-13,18,20-27,29,31-37H,1-4,6-9,14-17H2;;/q2*-3;2*+3. The monoisotopic (exact) mass is 1740 g/mol. The van der Waals surface area contributed by atoms with Gasteiger partial charge in [0.05, 0.1) is 0 Å². The normalized spacial score (nSPS) is 11.0. The molecule has 0 N–H and O–H groups in total. The molecule has 0 saturated carbocycles. The minimum Gasteiger partial charge on any atom is -0.305 e. The predicted octanol–water partition coefficient (Wildman–Crippen LogP) is 24.2. The first-order valence-corrected chi connectivity index (χ1v) is 38.0. The number of aryl methyl sites for hydroxylation is 8. The summed E-state index contributed by atoms with van der Waals surface area (Å²) in [5.41, 5.74) is 23.1. The summed E-state index contributed by atoms with van der Waals surface area (Å²) in [5.74, 6) is 0. The average molecular weight is 1740 g/mol. The van der Waals surface area contributed by atoms with E-state index in [1.165, 1.54) is 169 Å². The van der Waals surface area contributed by atoms with Gasteiger partial charge < -0.3 is 29.9 Å². The van der Waals surface area contributed by atoms with Crippen LogP contribution in [-0.2, 0) is 91.6 Å². The molecule has 0 spiro atoms. The van der Waals surface area contributed by atoms with E-state index in [9.17, 15) is 0 Å². The number of benzene rings is 8. The first-order valence-electron chi connectivity index (χ1n) is 38.0. The van der Waals surface area contributed by atoms with Gasteiger partial charge in [-0.05, 0) is 136 Å². The summed E-state index contributed by atoms with van der Waals surface area (Å²) in [6.45, 7) is 0. The molecule has 14 aromatic rings. The maximum atomic E-state index is 4.66. The van der Waals surface area contributed by atoms with Gasteiger partial charge in [-0.3, -0.25) is 0 Å². The van der Waals surface area contributed by atoms with Crippen LogP contribution in [-0.4, -0.2) is 29.9 Å².